The molecule has 2 rings (SSSR count). The van der Waals surface area contributed by atoms with Gasteiger partial charge in [0.15, 0.2) is 0 Å². The SMILES string of the molecule is CSc1ccccc1-c1c[nH]c(=O)cc1C(=O)O. The molecule has 92 valence electrons. The van der Waals surface area contributed by atoms with Gasteiger partial charge in [-0.3, -0.25) is 4.79 Å². The van der Waals surface area contributed by atoms with E-state index in [1.54, 1.807) is 0 Å². The van der Waals surface area contributed by atoms with E-state index in [9.17, 15) is 9.59 Å². The Morgan fingerprint density at radius 3 is 2.67 bits per heavy atom. The predicted molar refractivity (Wildman–Crippen MR) is 71.2 cm³/mol. The van der Waals surface area contributed by atoms with E-state index in [1.807, 2.05) is 30.5 Å². The summed E-state index contributed by atoms with van der Waals surface area (Å²) >= 11 is 1.53. The molecule has 1 aromatic heterocycles. The van der Waals surface area contributed by atoms with Crippen LogP contribution in [-0.2, 0) is 0 Å². The van der Waals surface area contributed by atoms with E-state index in [-0.39, 0.29) is 5.56 Å². The molecular formula is C13H11NO3S. The quantitative estimate of drug-likeness (QED) is 0.833. The summed E-state index contributed by atoms with van der Waals surface area (Å²) in [5, 5.41) is 9.16. The molecule has 0 saturated heterocycles. The number of thioether (sulfide) groups is 1. The number of H-pyrrole nitrogens is 1. The third kappa shape index (κ3) is 2.31. The topological polar surface area (TPSA) is 70.2 Å². The molecule has 0 saturated carbocycles. The van der Waals surface area contributed by atoms with E-state index in [1.165, 1.54) is 18.0 Å². The first-order valence-electron chi connectivity index (χ1n) is 5.23. The second kappa shape index (κ2) is 5.10. The molecule has 4 nitrogen and oxygen atoms in total. The Hall–Kier alpha value is -2.01. The number of pyridine rings is 1. The molecule has 2 N–H and O–H groups in total. The average molecular weight is 261 g/mol. The number of nitrogens with one attached hydrogen (secondary N) is 1. The van der Waals surface area contributed by atoms with Crippen LogP contribution in [0.5, 0.6) is 0 Å². The monoisotopic (exact) mass is 261 g/mol. The highest BCUT2D eigenvalue weighted by Crippen LogP contribution is 2.31. The van der Waals surface area contributed by atoms with E-state index in [4.69, 9.17) is 5.11 Å². The van der Waals surface area contributed by atoms with Gasteiger partial charge >= 0.3 is 5.97 Å². The Kier molecular flexibility index (Phi) is 3.53. The van der Waals surface area contributed by atoms with Crippen molar-refractivity contribution in [1.29, 1.82) is 0 Å². The Morgan fingerprint density at radius 1 is 1.28 bits per heavy atom. The van der Waals surface area contributed by atoms with Crippen LogP contribution in [0.4, 0.5) is 0 Å². The highest BCUT2D eigenvalue weighted by atomic mass is 32.2. The lowest BCUT2D eigenvalue weighted by Gasteiger charge is -2.09. The van der Waals surface area contributed by atoms with Crippen LogP contribution in [0, 0.1) is 0 Å². The molecule has 5 heteroatoms. The zero-order valence-electron chi connectivity index (χ0n) is 9.64. The fourth-order valence-electron chi connectivity index (χ4n) is 1.74. The molecule has 0 atom stereocenters. The summed E-state index contributed by atoms with van der Waals surface area (Å²) in [5.41, 5.74) is 0.920. The van der Waals surface area contributed by atoms with Crippen molar-refractivity contribution in [2.75, 3.05) is 6.26 Å². The van der Waals surface area contributed by atoms with Gasteiger partial charge in [-0.15, -0.1) is 11.8 Å². The Labute approximate surface area is 108 Å². The highest BCUT2D eigenvalue weighted by molar-refractivity contribution is 7.98. The van der Waals surface area contributed by atoms with Gasteiger partial charge in [-0.1, -0.05) is 18.2 Å². The summed E-state index contributed by atoms with van der Waals surface area (Å²) in [6.45, 7) is 0. The molecule has 0 aliphatic rings. The second-order valence-electron chi connectivity index (χ2n) is 3.63. The first kappa shape index (κ1) is 12.4. The van der Waals surface area contributed by atoms with Crippen molar-refractivity contribution >= 4 is 17.7 Å². The lowest BCUT2D eigenvalue weighted by atomic mass is 10.0. The van der Waals surface area contributed by atoms with Gasteiger partial charge < -0.3 is 10.1 Å². The number of carboxylic acids is 1. The minimum Gasteiger partial charge on any atom is -0.478 e. The van der Waals surface area contributed by atoms with Crippen LogP contribution >= 0.6 is 11.8 Å². The van der Waals surface area contributed by atoms with E-state index >= 15 is 0 Å². The molecule has 0 radical (unpaired) electrons. The molecule has 0 amide bonds. The van der Waals surface area contributed by atoms with Crippen LogP contribution in [0.15, 0.2) is 46.2 Å². The lowest BCUT2D eigenvalue weighted by molar-refractivity contribution is 0.0697. The number of rotatable bonds is 3. The molecular weight excluding hydrogens is 250 g/mol. The fraction of sp³-hybridized carbons (Fsp3) is 0.0769. The Bertz CT molecular complexity index is 649. The van der Waals surface area contributed by atoms with Crippen molar-refractivity contribution in [3.05, 3.63) is 52.4 Å². The average Bonchev–Trinajstić information content (AvgIpc) is 2.38. The van der Waals surface area contributed by atoms with Crippen LogP contribution in [0.3, 0.4) is 0 Å². The van der Waals surface area contributed by atoms with Crippen LogP contribution in [-0.4, -0.2) is 22.3 Å². The van der Waals surface area contributed by atoms with Crippen molar-refractivity contribution < 1.29 is 9.90 Å². The zero-order valence-corrected chi connectivity index (χ0v) is 10.5. The first-order chi connectivity index (χ1) is 8.63. The minimum absolute atomic E-state index is 0.0141. The maximum atomic E-state index is 11.2. The maximum absolute atomic E-state index is 11.2. The van der Waals surface area contributed by atoms with Gasteiger partial charge in [0.2, 0.25) is 5.56 Å². The van der Waals surface area contributed by atoms with E-state index in [2.05, 4.69) is 4.98 Å². The summed E-state index contributed by atoms with van der Waals surface area (Å²) in [6.07, 6.45) is 3.37. The number of aromatic carboxylic acids is 1. The van der Waals surface area contributed by atoms with Crippen molar-refractivity contribution in [1.82, 2.24) is 4.98 Å². The van der Waals surface area contributed by atoms with E-state index in [0.717, 1.165) is 16.5 Å². The fourth-order valence-corrected chi connectivity index (χ4v) is 2.35. The van der Waals surface area contributed by atoms with Gasteiger partial charge in [0, 0.05) is 22.7 Å². The summed E-state index contributed by atoms with van der Waals surface area (Å²) in [7, 11) is 0. The van der Waals surface area contributed by atoms with Crippen molar-refractivity contribution in [3.8, 4) is 11.1 Å². The predicted octanol–water partition coefficient (Wildman–Crippen LogP) is 2.46. The number of carboxylic acid groups (broad SMARTS) is 1. The molecule has 0 spiro atoms. The Morgan fingerprint density at radius 2 is 2.00 bits per heavy atom. The third-order valence-electron chi connectivity index (χ3n) is 2.55. The lowest BCUT2D eigenvalue weighted by Crippen LogP contribution is -2.10. The summed E-state index contributed by atoms with van der Waals surface area (Å²) < 4.78 is 0. The van der Waals surface area contributed by atoms with Crippen LogP contribution in [0.25, 0.3) is 11.1 Å². The van der Waals surface area contributed by atoms with Gasteiger partial charge in [-0.25, -0.2) is 4.79 Å². The number of hydrogen-bond acceptors (Lipinski definition) is 3. The van der Waals surface area contributed by atoms with Crippen LogP contribution < -0.4 is 5.56 Å². The molecule has 0 bridgehead atoms. The molecule has 0 aliphatic heterocycles. The molecule has 0 fully saturated rings. The van der Waals surface area contributed by atoms with Crippen molar-refractivity contribution in [2.24, 2.45) is 0 Å². The normalized spacial score (nSPS) is 10.3. The van der Waals surface area contributed by atoms with E-state index in [0.29, 0.717) is 5.56 Å². The Balaban J connectivity index is 2.71. The largest absolute Gasteiger partial charge is 0.478 e. The van der Waals surface area contributed by atoms with Gasteiger partial charge in [-0.2, -0.15) is 0 Å². The van der Waals surface area contributed by atoms with Gasteiger partial charge in [0.1, 0.15) is 0 Å². The minimum atomic E-state index is -1.10. The number of aromatic nitrogens is 1. The van der Waals surface area contributed by atoms with Gasteiger partial charge in [-0.05, 0) is 17.9 Å². The molecule has 0 aliphatic carbocycles. The number of aromatic amines is 1. The summed E-state index contributed by atoms with van der Waals surface area (Å²) in [5.74, 6) is -1.10. The summed E-state index contributed by atoms with van der Waals surface area (Å²) in [4.78, 5) is 25.9. The molecule has 0 unspecified atom stereocenters. The van der Waals surface area contributed by atoms with Crippen molar-refractivity contribution in [2.45, 2.75) is 4.90 Å². The van der Waals surface area contributed by atoms with Crippen LogP contribution in [0.2, 0.25) is 0 Å². The number of benzene rings is 1. The third-order valence-corrected chi connectivity index (χ3v) is 3.35. The van der Waals surface area contributed by atoms with Gasteiger partial charge in [0.05, 0.1) is 5.56 Å². The summed E-state index contributed by atoms with van der Waals surface area (Å²) in [6, 6.07) is 8.59. The van der Waals surface area contributed by atoms with Crippen molar-refractivity contribution in [3.63, 3.8) is 0 Å². The number of hydrogen-bond donors (Lipinski definition) is 2. The molecule has 18 heavy (non-hydrogen) atoms. The van der Waals surface area contributed by atoms with Gasteiger partial charge in [0.25, 0.3) is 0 Å². The number of carbonyl (C=O) groups is 1. The molecule has 2 aromatic rings. The zero-order chi connectivity index (χ0) is 13.1. The molecule has 1 heterocycles. The highest BCUT2D eigenvalue weighted by Gasteiger charge is 2.14. The maximum Gasteiger partial charge on any atom is 0.336 e. The molecule has 1 aromatic carbocycles. The van der Waals surface area contributed by atoms with E-state index < -0.39 is 11.5 Å². The second-order valence-corrected chi connectivity index (χ2v) is 4.48. The smallest absolute Gasteiger partial charge is 0.336 e. The standard InChI is InChI=1S/C13H11NO3S/c1-18-11-5-3-2-4-8(11)10-7-14-12(15)6-9(10)13(16)17/h2-7H,1H3,(H,14,15)(H,16,17). The van der Waals surface area contributed by atoms with Crippen LogP contribution in [0.1, 0.15) is 10.4 Å². The first-order valence-corrected chi connectivity index (χ1v) is 6.45.